The summed E-state index contributed by atoms with van der Waals surface area (Å²) in [7, 11) is 2.27. The molecule has 90 valence electrons. The smallest absolute Gasteiger partial charge is 0.00718 e. The van der Waals surface area contributed by atoms with Crippen LogP contribution in [0.1, 0.15) is 20.3 Å². The van der Waals surface area contributed by atoms with Crippen LogP contribution in [0.4, 0.5) is 0 Å². The zero-order valence-corrected chi connectivity index (χ0v) is 11.4. The van der Waals surface area contributed by atoms with Gasteiger partial charge in [-0.25, -0.2) is 0 Å². The fourth-order valence-electron chi connectivity index (χ4n) is 2.01. The van der Waals surface area contributed by atoms with Gasteiger partial charge in [-0.15, -0.1) is 0 Å². The Hall–Kier alpha value is 0.270. The van der Waals surface area contributed by atoms with Crippen molar-refractivity contribution in [3.8, 4) is 0 Å². The van der Waals surface area contributed by atoms with Gasteiger partial charge in [0.15, 0.2) is 0 Å². The molecule has 0 aromatic carbocycles. The molecule has 0 spiro atoms. The van der Waals surface area contributed by atoms with Crippen molar-refractivity contribution in [2.45, 2.75) is 26.3 Å². The fourth-order valence-corrected chi connectivity index (χ4v) is 2.58. The van der Waals surface area contributed by atoms with Gasteiger partial charge >= 0.3 is 0 Å². The van der Waals surface area contributed by atoms with E-state index in [-0.39, 0.29) is 0 Å². The van der Waals surface area contributed by atoms with E-state index >= 15 is 0 Å². The molecule has 2 unspecified atom stereocenters. The van der Waals surface area contributed by atoms with Crippen LogP contribution in [0.5, 0.6) is 0 Å². The van der Waals surface area contributed by atoms with Crippen molar-refractivity contribution >= 4 is 11.8 Å². The minimum atomic E-state index is 0.730. The van der Waals surface area contributed by atoms with Gasteiger partial charge in [0, 0.05) is 12.6 Å². The first-order valence-corrected chi connectivity index (χ1v) is 7.44. The normalized spacial score (nSPS) is 21.4. The molecule has 1 fully saturated rings. The van der Waals surface area contributed by atoms with Gasteiger partial charge in [-0.3, -0.25) is 0 Å². The van der Waals surface area contributed by atoms with E-state index < -0.39 is 0 Å². The zero-order valence-electron chi connectivity index (χ0n) is 10.6. The predicted octanol–water partition coefficient (Wildman–Crippen LogP) is 1.92. The second-order valence-electron chi connectivity index (χ2n) is 4.97. The molecule has 0 radical (unpaired) electrons. The molecule has 0 saturated carbocycles. The maximum atomic E-state index is 3.36. The Bertz CT molecular complexity index is 171. The topological polar surface area (TPSA) is 15.3 Å². The van der Waals surface area contributed by atoms with Crippen molar-refractivity contribution in [1.82, 2.24) is 10.2 Å². The molecule has 1 aliphatic heterocycles. The summed E-state index contributed by atoms with van der Waals surface area (Å²) in [4.78, 5) is 2.53. The standard InChI is InChI=1S/C12H26N2S/c1-10(12-7-13-8-12)9-14(3)11(2)5-6-15-4/h10-13H,5-9H2,1-4H3. The molecule has 15 heavy (non-hydrogen) atoms. The lowest BCUT2D eigenvalue weighted by molar-refractivity contribution is 0.158. The van der Waals surface area contributed by atoms with Crippen molar-refractivity contribution in [3.05, 3.63) is 0 Å². The van der Waals surface area contributed by atoms with Gasteiger partial charge in [0.05, 0.1) is 0 Å². The molecule has 1 aliphatic rings. The Labute approximate surface area is 99.2 Å². The first-order chi connectivity index (χ1) is 7.15. The second kappa shape index (κ2) is 6.77. The number of nitrogens with one attached hydrogen (secondary N) is 1. The number of hydrogen-bond donors (Lipinski definition) is 1. The molecule has 1 saturated heterocycles. The van der Waals surface area contributed by atoms with Gasteiger partial charge in [-0.1, -0.05) is 6.92 Å². The van der Waals surface area contributed by atoms with Crippen LogP contribution in [0.3, 0.4) is 0 Å². The molecule has 0 aromatic heterocycles. The summed E-state index contributed by atoms with van der Waals surface area (Å²) in [5.74, 6) is 3.04. The van der Waals surface area contributed by atoms with E-state index in [9.17, 15) is 0 Å². The average Bonchev–Trinajstić information content (AvgIpc) is 2.10. The maximum Gasteiger partial charge on any atom is 0.00718 e. The van der Waals surface area contributed by atoms with Crippen LogP contribution in [-0.4, -0.2) is 49.6 Å². The van der Waals surface area contributed by atoms with Crippen LogP contribution in [0.25, 0.3) is 0 Å². The SMILES string of the molecule is CSCCC(C)N(C)CC(C)C1CNC1. The zero-order chi connectivity index (χ0) is 11.3. The Morgan fingerprint density at radius 2 is 2.07 bits per heavy atom. The lowest BCUT2D eigenvalue weighted by Crippen LogP contribution is -2.48. The Morgan fingerprint density at radius 1 is 1.40 bits per heavy atom. The number of thioether (sulfide) groups is 1. The Morgan fingerprint density at radius 3 is 2.53 bits per heavy atom. The van der Waals surface area contributed by atoms with E-state index in [4.69, 9.17) is 0 Å². The molecule has 0 amide bonds. The van der Waals surface area contributed by atoms with Gasteiger partial charge in [-0.05, 0) is 57.3 Å². The number of nitrogens with zero attached hydrogens (tertiary/aromatic N) is 1. The Kier molecular flexibility index (Phi) is 6.02. The quantitative estimate of drug-likeness (QED) is 0.719. The van der Waals surface area contributed by atoms with Crippen molar-refractivity contribution in [3.63, 3.8) is 0 Å². The summed E-state index contributed by atoms with van der Waals surface area (Å²) >= 11 is 1.95. The van der Waals surface area contributed by atoms with Crippen LogP contribution < -0.4 is 5.32 Å². The third-order valence-electron chi connectivity index (χ3n) is 3.69. The van der Waals surface area contributed by atoms with Crippen LogP contribution in [0.15, 0.2) is 0 Å². The highest BCUT2D eigenvalue weighted by molar-refractivity contribution is 7.98. The van der Waals surface area contributed by atoms with Gasteiger partial charge in [0.2, 0.25) is 0 Å². The van der Waals surface area contributed by atoms with Crippen molar-refractivity contribution < 1.29 is 0 Å². The molecule has 3 heteroatoms. The van der Waals surface area contributed by atoms with Crippen LogP contribution in [0, 0.1) is 11.8 Å². The molecule has 0 aromatic rings. The third-order valence-corrected chi connectivity index (χ3v) is 4.33. The van der Waals surface area contributed by atoms with Crippen molar-refractivity contribution in [2.75, 3.05) is 38.7 Å². The highest BCUT2D eigenvalue weighted by Gasteiger charge is 2.25. The lowest BCUT2D eigenvalue weighted by Gasteiger charge is -2.36. The second-order valence-corrected chi connectivity index (χ2v) is 5.95. The van der Waals surface area contributed by atoms with E-state index in [1.54, 1.807) is 0 Å². The molecule has 1 heterocycles. The largest absolute Gasteiger partial charge is 0.316 e. The summed E-state index contributed by atoms with van der Waals surface area (Å²) in [5.41, 5.74) is 0. The van der Waals surface area contributed by atoms with E-state index in [2.05, 4.69) is 37.4 Å². The monoisotopic (exact) mass is 230 g/mol. The first-order valence-electron chi connectivity index (χ1n) is 6.05. The van der Waals surface area contributed by atoms with Crippen molar-refractivity contribution in [2.24, 2.45) is 11.8 Å². The minimum absolute atomic E-state index is 0.730. The van der Waals surface area contributed by atoms with E-state index in [1.807, 2.05) is 11.8 Å². The van der Waals surface area contributed by atoms with Crippen LogP contribution >= 0.6 is 11.8 Å². The highest BCUT2D eigenvalue weighted by atomic mass is 32.2. The number of hydrogen-bond acceptors (Lipinski definition) is 3. The summed E-state index contributed by atoms with van der Waals surface area (Å²) in [5, 5.41) is 3.36. The summed E-state index contributed by atoms with van der Waals surface area (Å²) in [6.07, 6.45) is 3.50. The van der Waals surface area contributed by atoms with Gasteiger partial charge in [0.25, 0.3) is 0 Å². The van der Waals surface area contributed by atoms with Crippen molar-refractivity contribution in [1.29, 1.82) is 0 Å². The van der Waals surface area contributed by atoms with Crippen LogP contribution in [-0.2, 0) is 0 Å². The average molecular weight is 230 g/mol. The Balaban J connectivity index is 2.17. The van der Waals surface area contributed by atoms with E-state index in [1.165, 1.54) is 31.8 Å². The minimum Gasteiger partial charge on any atom is -0.316 e. The lowest BCUT2D eigenvalue weighted by atomic mass is 9.88. The summed E-state index contributed by atoms with van der Waals surface area (Å²) < 4.78 is 0. The van der Waals surface area contributed by atoms with Gasteiger partial charge < -0.3 is 10.2 Å². The molecule has 0 bridgehead atoms. The van der Waals surface area contributed by atoms with E-state index in [0.29, 0.717) is 0 Å². The van der Waals surface area contributed by atoms with Gasteiger partial charge in [-0.2, -0.15) is 11.8 Å². The molecule has 0 aliphatic carbocycles. The first kappa shape index (κ1) is 13.3. The molecule has 2 atom stereocenters. The number of rotatable bonds is 7. The van der Waals surface area contributed by atoms with Crippen LogP contribution in [0.2, 0.25) is 0 Å². The van der Waals surface area contributed by atoms with Gasteiger partial charge in [0.1, 0.15) is 0 Å². The fraction of sp³-hybridized carbons (Fsp3) is 1.00. The molecular weight excluding hydrogens is 204 g/mol. The molecular formula is C12H26N2S. The maximum absolute atomic E-state index is 3.36. The summed E-state index contributed by atoms with van der Waals surface area (Å²) in [6.45, 7) is 8.45. The summed E-state index contributed by atoms with van der Waals surface area (Å²) in [6, 6.07) is 0.730. The highest BCUT2D eigenvalue weighted by Crippen LogP contribution is 2.18. The molecule has 1 rings (SSSR count). The molecule has 1 N–H and O–H groups in total. The molecule has 2 nitrogen and oxygen atoms in total. The predicted molar refractivity (Wildman–Crippen MR) is 70.6 cm³/mol. The third kappa shape index (κ3) is 4.33. The van der Waals surface area contributed by atoms with E-state index in [0.717, 1.165) is 17.9 Å².